The number of ketones is 2. The Morgan fingerprint density at radius 3 is 2.44 bits per heavy atom. The molecule has 1 aromatic carbocycles. The molecular weight excluding hydrogens is 208 g/mol. The highest BCUT2D eigenvalue weighted by Gasteiger charge is 2.28. The maximum absolute atomic E-state index is 11.9. The summed E-state index contributed by atoms with van der Waals surface area (Å²) in [6.07, 6.45) is 1.19. The Kier molecular flexibility index (Phi) is 2.48. The topological polar surface area (TPSA) is 52.6 Å². The SMILES string of the molecule is COC1=CC(=O)c2c(OC)cccc2C1=O. The van der Waals surface area contributed by atoms with Crippen molar-refractivity contribution < 1.29 is 19.1 Å². The molecule has 1 aliphatic rings. The molecule has 0 unspecified atom stereocenters. The first-order valence-electron chi connectivity index (χ1n) is 4.70. The van der Waals surface area contributed by atoms with E-state index >= 15 is 0 Å². The van der Waals surface area contributed by atoms with Gasteiger partial charge in [-0.1, -0.05) is 6.07 Å². The number of rotatable bonds is 2. The van der Waals surface area contributed by atoms with Crippen LogP contribution in [0.1, 0.15) is 20.7 Å². The van der Waals surface area contributed by atoms with Gasteiger partial charge in [-0.2, -0.15) is 0 Å². The lowest BCUT2D eigenvalue weighted by Crippen LogP contribution is -2.18. The van der Waals surface area contributed by atoms with Crippen molar-refractivity contribution in [2.24, 2.45) is 0 Å². The van der Waals surface area contributed by atoms with E-state index < -0.39 is 0 Å². The fourth-order valence-electron chi connectivity index (χ4n) is 1.69. The maximum atomic E-state index is 11.9. The van der Waals surface area contributed by atoms with Crippen LogP contribution in [-0.2, 0) is 4.74 Å². The smallest absolute Gasteiger partial charge is 0.228 e. The van der Waals surface area contributed by atoms with Gasteiger partial charge in [0.05, 0.1) is 19.8 Å². The van der Waals surface area contributed by atoms with E-state index in [9.17, 15) is 9.59 Å². The summed E-state index contributed by atoms with van der Waals surface area (Å²) < 4.78 is 9.91. The third-order valence-corrected chi connectivity index (χ3v) is 2.44. The van der Waals surface area contributed by atoms with Crippen molar-refractivity contribution in [3.63, 3.8) is 0 Å². The van der Waals surface area contributed by atoms with Crippen molar-refractivity contribution in [3.8, 4) is 5.75 Å². The molecule has 0 saturated heterocycles. The molecule has 1 aromatic rings. The zero-order chi connectivity index (χ0) is 11.7. The van der Waals surface area contributed by atoms with E-state index in [1.165, 1.54) is 20.3 Å². The molecular formula is C12H10O4. The predicted octanol–water partition coefficient (Wildman–Crippen LogP) is 1.60. The van der Waals surface area contributed by atoms with Gasteiger partial charge in [-0.05, 0) is 12.1 Å². The van der Waals surface area contributed by atoms with E-state index in [2.05, 4.69) is 0 Å². The number of carbonyl (C=O) groups is 2. The van der Waals surface area contributed by atoms with Crippen LogP contribution in [0.15, 0.2) is 30.0 Å². The van der Waals surface area contributed by atoms with E-state index in [1.54, 1.807) is 18.2 Å². The Labute approximate surface area is 92.5 Å². The Bertz CT molecular complexity index is 500. The van der Waals surface area contributed by atoms with Gasteiger partial charge in [-0.3, -0.25) is 9.59 Å². The highest BCUT2D eigenvalue weighted by atomic mass is 16.5. The number of Topliss-reactive ketones (excluding diaryl/α,β-unsaturated/α-hetero) is 1. The first-order valence-corrected chi connectivity index (χ1v) is 4.70. The van der Waals surface area contributed by atoms with Crippen LogP contribution in [0.2, 0.25) is 0 Å². The van der Waals surface area contributed by atoms with Crippen LogP contribution < -0.4 is 4.74 Å². The molecule has 1 aliphatic carbocycles. The van der Waals surface area contributed by atoms with Crippen LogP contribution in [0.4, 0.5) is 0 Å². The summed E-state index contributed by atoms with van der Waals surface area (Å²) in [7, 11) is 2.82. The molecule has 0 amide bonds. The third-order valence-electron chi connectivity index (χ3n) is 2.44. The summed E-state index contributed by atoms with van der Waals surface area (Å²) >= 11 is 0. The molecule has 4 heteroatoms. The lowest BCUT2D eigenvalue weighted by molar-refractivity contribution is 0.0915. The lowest BCUT2D eigenvalue weighted by Gasteiger charge is -2.16. The van der Waals surface area contributed by atoms with Gasteiger partial charge in [0.2, 0.25) is 5.78 Å². The highest BCUT2D eigenvalue weighted by molar-refractivity contribution is 6.24. The number of hydrogen-bond acceptors (Lipinski definition) is 4. The Morgan fingerprint density at radius 2 is 1.81 bits per heavy atom. The molecule has 0 saturated carbocycles. The molecule has 82 valence electrons. The van der Waals surface area contributed by atoms with Gasteiger partial charge in [-0.15, -0.1) is 0 Å². The molecule has 0 bridgehead atoms. The van der Waals surface area contributed by atoms with Gasteiger partial charge in [0.25, 0.3) is 0 Å². The number of ether oxygens (including phenoxy) is 2. The normalized spacial score (nSPS) is 14.2. The Hall–Kier alpha value is -2.10. The average molecular weight is 218 g/mol. The van der Waals surface area contributed by atoms with Gasteiger partial charge in [-0.25, -0.2) is 0 Å². The number of methoxy groups -OCH3 is 2. The largest absolute Gasteiger partial charge is 0.496 e. The van der Waals surface area contributed by atoms with E-state index in [4.69, 9.17) is 9.47 Å². The fourth-order valence-corrected chi connectivity index (χ4v) is 1.69. The average Bonchev–Trinajstić information content (AvgIpc) is 2.32. The summed E-state index contributed by atoms with van der Waals surface area (Å²) in [5.74, 6) is -0.104. The van der Waals surface area contributed by atoms with Crippen LogP contribution in [0.25, 0.3) is 0 Å². The fraction of sp³-hybridized carbons (Fsp3) is 0.167. The molecule has 0 aliphatic heterocycles. The van der Waals surface area contributed by atoms with Crippen LogP contribution in [0.3, 0.4) is 0 Å². The first-order chi connectivity index (χ1) is 7.69. The van der Waals surface area contributed by atoms with Gasteiger partial charge < -0.3 is 9.47 Å². The molecule has 0 atom stereocenters. The van der Waals surface area contributed by atoms with Crippen LogP contribution in [-0.4, -0.2) is 25.8 Å². The minimum absolute atomic E-state index is 0.0609. The molecule has 0 heterocycles. The molecule has 0 fully saturated rings. The number of benzene rings is 1. The zero-order valence-electron chi connectivity index (χ0n) is 8.94. The molecule has 0 aromatic heterocycles. The van der Waals surface area contributed by atoms with Crippen LogP contribution in [0, 0.1) is 0 Å². The van der Waals surface area contributed by atoms with Crippen molar-refractivity contribution in [1.29, 1.82) is 0 Å². The predicted molar refractivity (Wildman–Crippen MR) is 56.7 cm³/mol. The van der Waals surface area contributed by atoms with Crippen LogP contribution in [0.5, 0.6) is 5.75 Å². The summed E-state index contributed by atoms with van der Waals surface area (Å²) in [6.45, 7) is 0. The second kappa shape index (κ2) is 3.81. The number of hydrogen-bond donors (Lipinski definition) is 0. The van der Waals surface area contributed by atoms with E-state index in [1.807, 2.05) is 0 Å². The van der Waals surface area contributed by atoms with Crippen molar-refractivity contribution in [2.75, 3.05) is 14.2 Å². The molecule has 0 spiro atoms. The standard InChI is InChI=1S/C12H10O4/c1-15-9-5-3-4-7-11(9)8(13)6-10(16-2)12(7)14/h3-6H,1-2H3. The minimum Gasteiger partial charge on any atom is -0.496 e. The molecule has 0 N–H and O–H groups in total. The van der Waals surface area contributed by atoms with Gasteiger partial charge in [0, 0.05) is 11.6 Å². The monoisotopic (exact) mass is 218 g/mol. The van der Waals surface area contributed by atoms with Gasteiger partial charge in [0.15, 0.2) is 11.5 Å². The van der Waals surface area contributed by atoms with Gasteiger partial charge >= 0.3 is 0 Å². The molecule has 16 heavy (non-hydrogen) atoms. The second-order valence-corrected chi connectivity index (χ2v) is 3.29. The summed E-state index contributed by atoms with van der Waals surface area (Å²) in [5, 5.41) is 0. The Balaban J connectivity index is 2.65. The van der Waals surface area contributed by atoms with Crippen molar-refractivity contribution >= 4 is 11.6 Å². The number of fused-ring (bicyclic) bond motifs is 1. The minimum atomic E-state index is -0.295. The first kappa shape index (κ1) is 10.4. The zero-order valence-corrected chi connectivity index (χ0v) is 8.94. The molecule has 0 radical (unpaired) electrons. The summed E-state index contributed by atoms with van der Waals surface area (Å²) in [4.78, 5) is 23.7. The van der Waals surface area contributed by atoms with Crippen molar-refractivity contribution in [2.45, 2.75) is 0 Å². The van der Waals surface area contributed by atoms with Crippen molar-refractivity contribution in [3.05, 3.63) is 41.2 Å². The lowest BCUT2D eigenvalue weighted by atomic mass is 9.93. The molecule has 2 rings (SSSR count). The van der Waals surface area contributed by atoms with E-state index in [0.29, 0.717) is 16.9 Å². The summed E-state index contributed by atoms with van der Waals surface area (Å²) in [5.41, 5.74) is 0.625. The van der Waals surface area contributed by atoms with Gasteiger partial charge in [0.1, 0.15) is 5.75 Å². The van der Waals surface area contributed by atoms with E-state index in [0.717, 1.165) is 0 Å². The molecule has 4 nitrogen and oxygen atoms in total. The quantitative estimate of drug-likeness (QED) is 0.756. The van der Waals surface area contributed by atoms with E-state index in [-0.39, 0.29) is 17.3 Å². The second-order valence-electron chi connectivity index (χ2n) is 3.29. The van der Waals surface area contributed by atoms with Crippen LogP contribution >= 0.6 is 0 Å². The maximum Gasteiger partial charge on any atom is 0.228 e. The number of allylic oxidation sites excluding steroid dienone is 2. The Morgan fingerprint density at radius 1 is 1.06 bits per heavy atom. The third kappa shape index (κ3) is 1.39. The highest BCUT2D eigenvalue weighted by Crippen LogP contribution is 2.29. The van der Waals surface area contributed by atoms with Crippen molar-refractivity contribution in [1.82, 2.24) is 0 Å². The summed E-state index contributed by atoms with van der Waals surface area (Å²) in [6, 6.07) is 4.90. The number of carbonyl (C=O) groups excluding carboxylic acids is 2.